The van der Waals surface area contributed by atoms with Crippen LogP contribution >= 0.6 is 11.6 Å². The molecule has 3 aromatic rings. The number of halogens is 1. The molecule has 0 aliphatic carbocycles. The highest BCUT2D eigenvalue weighted by Gasteiger charge is 2.05. The molecule has 1 heterocycles. The highest BCUT2D eigenvalue weighted by molar-refractivity contribution is 6.30. The monoisotopic (exact) mass is 336 g/mol. The highest BCUT2D eigenvalue weighted by atomic mass is 35.5. The van der Waals surface area contributed by atoms with E-state index in [1.807, 2.05) is 24.4 Å². The first-order chi connectivity index (χ1) is 11.7. The number of rotatable bonds is 6. The first kappa shape index (κ1) is 16.7. The predicted molar refractivity (Wildman–Crippen MR) is 101 cm³/mol. The maximum atomic E-state index is 6.27. The van der Waals surface area contributed by atoms with Gasteiger partial charge in [-0.2, -0.15) is 0 Å². The van der Waals surface area contributed by atoms with Crippen LogP contribution in [0.4, 0.5) is 0 Å². The molecule has 0 aliphatic heterocycles. The maximum Gasteiger partial charge on any atom is 0.132 e. The van der Waals surface area contributed by atoms with Crippen LogP contribution in [-0.4, -0.2) is 11.5 Å². The molecule has 0 spiro atoms. The van der Waals surface area contributed by atoms with Crippen LogP contribution in [0.2, 0.25) is 5.15 Å². The fraction of sp³-hybridized carbons (Fsp3) is 0.190. The van der Waals surface area contributed by atoms with Crippen molar-refractivity contribution in [3.8, 4) is 11.1 Å². The van der Waals surface area contributed by atoms with Crippen molar-refractivity contribution in [2.75, 3.05) is 6.54 Å². The van der Waals surface area contributed by atoms with Gasteiger partial charge >= 0.3 is 0 Å². The van der Waals surface area contributed by atoms with Gasteiger partial charge in [-0.05, 0) is 48.2 Å². The van der Waals surface area contributed by atoms with E-state index in [2.05, 4.69) is 59.7 Å². The van der Waals surface area contributed by atoms with E-state index in [4.69, 9.17) is 11.6 Å². The van der Waals surface area contributed by atoms with Gasteiger partial charge in [0.25, 0.3) is 0 Å². The predicted octanol–water partition coefficient (Wildman–Crippen LogP) is 5.04. The fourth-order valence-electron chi connectivity index (χ4n) is 2.71. The third-order valence-corrected chi connectivity index (χ3v) is 4.51. The Balaban J connectivity index is 1.62. The Bertz CT molecular complexity index is 800. The van der Waals surface area contributed by atoms with Crippen molar-refractivity contribution >= 4 is 11.6 Å². The van der Waals surface area contributed by atoms with Crippen molar-refractivity contribution in [2.24, 2.45) is 0 Å². The molecule has 2 aromatic carbocycles. The lowest BCUT2D eigenvalue weighted by Crippen LogP contribution is -2.17. The summed E-state index contributed by atoms with van der Waals surface area (Å²) in [5.74, 6) is 0. The minimum atomic E-state index is 0.590. The number of aromatic nitrogens is 1. The minimum absolute atomic E-state index is 0.590. The SMILES string of the molecule is Cc1ccccc1CNCCc1cc(-c2ccccc2)cnc1Cl. The van der Waals surface area contributed by atoms with Gasteiger partial charge in [0.1, 0.15) is 5.15 Å². The second-order valence-electron chi connectivity index (χ2n) is 5.89. The Kier molecular flexibility index (Phi) is 5.63. The zero-order chi connectivity index (χ0) is 16.8. The standard InChI is InChI=1S/C21H21ClN2/c1-16-7-5-6-10-19(16)14-23-12-11-18-13-20(15-24-21(18)22)17-8-3-2-4-9-17/h2-10,13,15,23H,11-12,14H2,1H3. The molecular weight excluding hydrogens is 316 g/mol. The molecule has 0 fully saturated rings. The van der Waals surface area contributed by atoms with Crippen LogP contribution in [0.25, 0.3) is 11.1 Å². The molecule has 2 nitrogen and oxygen atoms in total. The van der Waals surface area contributed by atoms with Gasteiger partial charge in [-0.15, -0.1) is 0 Å². The minimum Gasteiger partial charge on any atom is -0.312 e. The van der Waals surface area contributed by atoms with Crippen molar-refractivity contribution in [1.29, 1.82) is 0 Å². The molecule has 1 N–H and O–H groups in total. The Morgan fingerprint density at radius 1 is 0.917 bits per heavy atom. The summed E-state index contributed by atoms with van der Waals surface area (Å²) in [6.07, 6.45) is 2.69. The van der Waals surface area contributed by atoms with Gasteiger partial charge in [-0.1, -0.05) is 66.2 Å². The van der Waals surface area contributed by atoms with Crippen LogP contribution in [-0.2, 0) is 13.0 Å². The lowest BCUT2D eigenvalue weighted by atomic mass is 10.0. The molecule has 0 aliphatic rings. The van der Waals surface area contributed by atoms with Gasteiger partial charge in [0.2, 0.25) is 0 Å². The largest absolute Gasteiger partial charge is 0.312 e. The van der Waals surface area contributed by atoms with Gasteiger partial charge in [0, 0.05) is 18.3 Å². The summed E-state index contributed by atoms with van der Waals surface area (Å²) in [5.41, 5.74) is 6.00. The summed E-state index contributed by atoms with van der Waals surface area (Å²) in [7, 11) is 0. The van der Waals surface area contributed by atoms with Crippen molar-refractivity contribution in [3.05, 3.63) is 88.7 Å². The van der Waals surface area contributed by atoms with Crippen molar-refractivity contribution in [3.63, 3.8) is 0 Å². The summed E-state index contributed by atoms with van der Waals surface area (Å²) >= 11 is 6.27. The maximum absolute atomic E-state index is 6.27. The number of pyridine rings is 1. The molecule has 0 bridgehead atoms. The molecule has 24 heavy (non-hydrogen) atoms. The molecule has 0 amide bonds. The average Bonchev–Trinajstić information content (AvgIpc) is 2.62. The number of aryl methyl sites for hydroxylation is 1. The summed E-state index contributed by atoms with van der Waals surface area (Å²) in [6, 6.07) is 20.8. The topological polar surface area (TPSA) is 24.9 Å². The summed E-state index contributed by atoms with van der Waals surface area (Å²) in [4.78, 5) is 4.34. The molecule has 3 heteroatoms. The van der Waals surface area contributed by atoms with Gasteiger partial charge in [-0.25, -0.2) is 4.98 Å². The van der Waals surface area contributed by atoms with E-state index < -0.39 is 0 Å². The summed E-state index contributed by atoms with van der Waals surface area (Å²) in [6.45, 7) is 3.88. The van der Waals surface area contributed by atoms with Crippen molar-refractivity contribution in [2.45, 2.75) is 19.9 Å². The molecule has 0 unspecified atom stereocenters. The van der Waals surface area contributed by atoms with Gasteiger partial charge < -0.3 is 5.32 Å². The van der Waals surface area contributed by atoms with Gasteiger partial charge in [0.15, 0.2) is 0 Å². The molecule has 3 rings (SSSR count). The number of nitrogens with one attached hydrogen (secondary N) is 1. The second-order valence-corrected chi connectivity index (χ2v) is 6.25. The first-order valence-electron chi connectivity index (χ1n) is 8.19. The summed E-state index contributed by atoms with van der Waals surface area (Å²) in [5, 5.41) is 4.08. The van der Waals surface area contributed by atoms with E-state index in [0.29, 0.717) is 5.15 Å². The Hall–Kier alpha value is -2.16. The third kappa shape index (κ3) is 4.22. The smallest absolute Gasteiger partial charge is 0.132 e. The van der Waals surface area contributed by atoms with Crippen LogP contribution in [0.5, 0.6) is 0 Å². The molecular formula is C21H21ClN2. The normalized spacial score (nSPS) is 10.8. The Morgan fingerprint density at radius 2 is 1.67 bits per heavy atom. The van der Waals surface area contributed by atoms with Crippen molar-refractivity contribution < 1.29 is 0 Å². The molecule has 0 saturated heterocycles. The zero-order valence-corrected chi connectivity index (χ0v) is 14.6. The van der Waals surface area contributed by atoms with Crippen LogP contribution in [0.15, 0.2) is 66.9 Å². The third-order valence-electron chi connectivity index (χ3n) is 4.17. The van der Waals surface area contributed by atoms with Crippen LogP contribution in [0, 0.1) is 6.92 Å². The van der Waals surface area contributed by atoms with E-state index in [-0.39, 0.29) is 0 Å². The lowest BCUT2D eigenvalue weighted by molar-refractivity contribution is 0.684. The molecule has 0 atom stereocenters. The molecule has 0 saturated carbocycles. The second kappa shape index (κ2) is 8.09. The van der Waals surface area contributed by atoms with Crippen LogP contribution in [0.1, 0.15) is 16.7 Å². The number of hydrogen-bond acceptors (Lipinski definition) is 2. The van der Waals surface area contributed by atoms with Crippen LogP contribution < -0.4 is 5.32 Å². The van der Waals surface area contributed by atoms with E-state index >= 15 is 0 Å². The molecule has 1 aromatic heterocycles. The molecule has 122 valence electrons. The van der Waals surface area contributed by atoms with Crippen molar-refractivity contribution in [1.82, 2.24) is 10.3 Å². The van der Waals surface area contributed by atoms with Gasteiger partial charge in [0.05, 0.1) is 0 Å². The van der Waals surface area contributed by atoms with Gasteiger partial charge in [-0.3, -0.25) is 0 Å². The number of hydrogen-bond donors (Lipinski definition) is 1. The Morgan fingerprint density at radius 3 is 2.46 bits per heavy atom. The number of nitrogens with zero attached hydrogens (tertiary/aromatic N) is 1. The van der Waals surface area contributed by atoms with E-state index in [1.165, 1.54) is 11.1 Å². The first-order valence-corrected chi connectivity index (χ1v) is 8.57. The van der Waals surface area contributed by atoms with E-state index in [9.17, 15) is 0 Å². The lowest BCUT2D eigenvalue weighted by Gasteiger charge is -2.10. The quantitative estimate of drug-likeness (QED) is 0.503. The molecule has 0 radical (unpaired) electrons. The zero-order valence-electron chi connectivity index (χ0n) is 13.8. The average molecular weight is 337 g/mol. The Labute approximate surface area is 148 Å². The highest BCUT2D eigenvalue weighted by Crippen LogP contribution is 2.23. The van der Waals surface area contributed by atoms with E-state index in [1.54, 1.807) is 0 Å². The van der Waals surface area contributed by atoms with E-state index in [0.717, 1.165) is 36.2 Å². The summed E-state index contributed by atoms with van der Waals surface area (Å²) < 4.78 is 0. The fourth-order valence-corrected chi connectivity index (χ4v) is 2.91. The number of benzene rings is 2. The van der Waals surface area contributed by atoms with Crippen LogP contribution in [0.3, 0.4) is 0 Å².